The summed E-state index contributed by atoms with van der Waals surface area (Å²) in [6.45, 7) is 5.38. The number of aromatic hydroxyl groups is 1. The number of hydrazone groups is 1. The van der Waals surface area contributed by atoms with Gasteiger partial charge in [-0.1, -0.05) is 18.2 Å². The zero-order valence-corrected chi connectivity index (χ0v) is 13.8. The van der Waals surface area contributed by atoms with Gasteiger partial charge in [0.15, 0.2) is 0 Å². The number of phenols is 1. The molecule has 122 valence electrons. The summed E-state index contributed by atoms with van der Waals surface area (Å²) < 4.78 is 5.25. The lowest BCUT2D eigenvalue weighted by atomic mass is 10.00. The van der Waals surface area contributed by atoms with Gasteiger partial charge in [-0.3, -0.25) is 5.43 Å². The fourth-order valence-electron chi connectivity index (χ4n) is 2.60. The molecule has 1 aromatic heterocycles. The smallest absolute Gasteiger partial charge is 0.336 e. The second kappa shape index (κ2) is 6.20. The van der Waals surface area contributed by atoms with E-state index in [4.69, 9.17) is 4.42 Å². The van der Waals surface area contributed by atoms with Gasteiger partial charge in [0.1, 0.15) is 11.3 Å². The minimum atomic E-state index is -0.425. The molecular weight excluding hydrogens is 304 g/mol. The molecule has 0 atom stereocenters. The van der Waals surface area contributed by atoms with Crippen molar-refractivity contribution in [3.63, 3.8) is 0 Å². The zero-order chi connectivity index (χ0) is 17.3. The van der Waals surface area contributed by atoms with Gasteiger partial charge >= 0.3 is 5.63 Å². The summed E-state index contributed by atoms with van der Waals surface area (Å²) in [5.41, 5.74) is 6.36. The Balaban J connectivity index is 2.09. The monoisotopic (exact) mass is 322 g/mol. The van der Waals surface area contributed by atoms with Crippen molar-refractivity contribution < 1.29 is 9.52 Å². The summed E-state index contributed by atoms with van der Waals surface area (Å²) in [7, 11) is 0. The maximum absolute atomic E-state index is 11.6. The molecule has 0 bridgehead atoms. The number of para-hydroxylation sites is 1. The topological polar surface area (TPSA) is 74.8 Å². The summed E-state index contributed by atoms with van der Waals surface area (Å²) in [6, 6.07) is 12.8. The van der Waals surface area contributed by atoms with E-state index in [2.05, 4.69) is 10.5 Å². The average Bonchev–Trinajstić information content (AvgIpc) is 2.57. The molecule has 0 unspecified atom stereocenters. The number of hydrogen-bond donors (Lipinski definition) is 2. The second-order valence-corrected chi connectivity index (χ2v) is 5.70. The van der Waals surface area contributed by atoms with Crippen LogP contribution in [0.15, 0.2) is 56.8 Å². The molecule has 1 heterocycles. The number of nitrogens with zero attached hydrogens (tertiary/aromatic N) is 1. The van der Waals surface area contributed by atoms with Gasteiger partial charge in [0.05, 0.1) is 11.4 Å². The van der Waals surface area contributed by atoms with Gasteiger partial charge in [0.2, 0.25) is 0 Å². The quantitative estimate of drug-likeness (QED) is 0.435. The third kappa shape index (κ3) is 2.88. The number of nitrogens with one attached hydrogen (secondary N) is 1. The predicted molar refractivity (Wildman–Crippen MR) is 95.9 cm³/mol. The second-order valence-electron chi connectivity index (χ2n) is 5.70. The van der Waals surface area contributed by atoms with Crippen molar-refractivity contribution in [1.82, 2.24) is 0 Å². The van der Waals surface area contributed by atoms with Crippen LogP contribution < -0.4 is 11.1 Å². The predicted octanol–water partition coefficient (Wildman–Crippen LogP) is 3.95. The van der Waals surface area contributed by atoms with Crippen LogP contribution in [0.1, 0.15) is 23.6 Å². The molecule has 5 heteroatoms. The van der Waals surface area contributed by atoms with Crippen LogP contribution in [-0.2, 0) is 0 Å². The van der Waals surface area contributed by atoms with Crippen LogP contribution in [0.25, 0.3) is 11.0 Å². The Kier molecular flexibility index (Phi) is 4.08. The molecule has 3 aromatic rings. The van der Waals surface area contributed by atoms with Crippen molar-refractivity contribution in [3.8, 4) is 5.75 Å². The van der Waals surface area contributed by atoms with Crippen molar-refractivity contribution in [2.24, 2.45) is 5.10 Å². The first-order valence-corrected chi connectivity index (χ1v) is 7.60. The molecule has 0 spiro atoms. The van der Waals surface area contributed by atoms with Crippen LogP contribution in [0.2, 0.25) is 0 Å². The number of fused-ring (bicyclic) bond motifs is 1. The van der Waals surface area contributed by atoms with Crippen LogP contribution in [0.3, 0.4) is 0 Å². The minimum Gasteiger partial charge on any atom is -0.507 e. The van der Waals surface area contributed by atoms with E-state index in [0.29, 0.717) is 22.4 Å². The molecule has 5 nitrogen and oxygen atoms in total. The van der Waals surface area contributed by atoms with Gasteiger partial charge in [-0.15, -0.1) is 0 Å². The Morgan fingerprint density at radius 2 is 1.88 bits per heavy atom. The van der Waals surface area contributed by atoms with Gasteiger partial charge in [0, 0.05) is 22.6 Å². The van der Waals surface area contributed by atoms with E-state index in [1.807, 2.05) is 44.2 Å². The minimum absolute atomic E-state index is 0.0624. The highest BCUT2D eigenvalue weighted by Gasteiger charge is 2.15. The molecule has 2 N–H and O–H groups in total. The van der Waals surface area contributed by atoms with Crippen LogP contribution in [0.5, 0.6) is 5.75 Å². The number of hydrogen-bond acceptors (Lipinski definition) is 5. The van der Waals surface area contributed by atoms with Crippen molar-refractivity contribution in [2.45, 2.75) is 20.8 Å². The summed E-state index contributed by atoms with van der Waals surface area (Å²) in [6.07, 6.45) is 0. The molecule has 0 aliphatic carbocycles. The number of aryl methyl sites for hydroxylation is 2. The van der Waals surface area contributed by atoms with E-state index < -0.39 is 5.63 Å². The van der Waals surface area contributed by atoms with Crippen molar-refractivity contribution in [1.29, 1.82) is 0 Å². The lowest BCUT2D eigenvalue weighted by molar-refractivity contribution is 0.467. The van der Waals surface area contributed by atoms with Gasteiger partial charge in [-0.2, -0.15) is 5.10 Å². The van der Waals surface area contributed by atoms with Crippen LogP contribution in [0, 0.1) is 13.8 Å². The normalized spacial score (nSPS) is 11.7. The highest BCUT2D eigenvalue weighted by atomic mass is 16.4. The third-order valence-electron chi connectivity index (χ3n) is 3.96. The standard InChI is InChI=1S/C19H18N2O3/c1-11-9-17(22)24-19-12(2)18(23)16(10-15(11)19)13(3)20-21-14-7-5-4-6-8-14/h4-10,21,23H,1-3H3/b20-13+. The average molecular weight is 322 g/mol. The first-order valence-electron chi connectivity index (χ1n) is 7.60. The Bertz CT molecular complexity index is 989. The molecule has 0 aliphatic rings. The van der Waals surface area contributed by atoms with Gasteiger partial charge in [0.25, 0.3) is 0 Å². The van der Waals surface area contributed by atoms with Gasteiger partial charge in [-0.25, -0.2) is 4.79 Å². The summed E-state index contributed by atoms with van der Waals surface area (Å²) in [5, 5.41) is 15.6. The molecule has 0 saturated carbocycles. The van der Waals surface area contributed by atoms with Crippen molar-refractivity contribution in [2.75, 3.05) is 5.43 Å². The number of phenolic OH excluding ortho intramolecular Hbond substituents is 1. The summed E-state index contributed by atoms with van der Waals surface area (Å²) in [5.74, 6) is 0.0624. The molecule has 0 fully saturated rings. The van der Waals surface area contributed by atoms with E-state index in [-0.39, 0.29) is 5.75 Å². The van der Waals surface area contributed by atoms with E-state index in [0.717, 1.165) is 16.6 Å². The lowest BCUT2D eigenvalue weighted by Gasteiger charge is -2.11. The molecule has 0 amide bonds. The Morgan fingerprint density at radius 1 is 1.17 bits per heavy atom. The maximum Gasteiger partial charge on any atom is 0.336 e. The van der Waals surface area contributed by atoms with Gasteiger partial charge in [-0.05, 0) is 44.5 Å². The highest BCUT2D eigenvalue weighted by molar-refractivity contribution is 6.05. The number of rotatable bonds is 3. The Hall–Kier alpha value is -3.08. The first-order chi connectivity index (χ1) is 11.5. The van der Waals surface area contributed by atoms with E-state index >= 15 is 0 Å². The number of anilines is 1. The fourth-order valence-corrected chi connectivity index (χ4v) is 2.60. The molecule has 2 aromatic carbocycles. The lowest BCUT2D eigenvalue weighted by Crippen LogP contribution is -2.04. The molecule has 0 radical (unpaired) electrons. The van der Waals surface area contributed by atoms with Crippen LogP contribution >= 0.6 is 0 Å². The van der Waals surface area contributed by atoms with E-state index in [1.54, 1.807) is 13.0 Å². The molecule has 0 saturated heterocycles. The third-order valence-corrected chi connectivity index (χ3v) is 3.96. The fraction of sp³-hybridized carbons (Fsp3) is 0.158. The number of benzene rings is 2. The van der Waals surface area contributed by atoms with Crippen LogP contribution in [-0.4, -0.2) is 10.8 Å². The maximum atomic E-state index is 11.6. The van der Waals surface area contributed by atoms with Gasteiger partial charge < -0.3 is 9.52 Å². The Morgan fingerprint density at radius 3 is 2.58 bits per heavy atom. The SMILES string of the molecule is C/C(=N\Nc1ccccc1)c1cc2c(C)cc(=O)oc2c(C)c1O. The first kappa shape index (κ1) is 15.8. The summed E-state index contributed by atoms with van der Waals surface area (Å²) >= 11 is 0. The molecular formula is C19H18N2O3. The van der Waals surface area contributed by atoms with Crippen molar-refractivity contribution in [3.05, 3.63) is 69.6 Å². The zero-order valence-electron chi connectivity index (χ0n) is 13.8. The van der Waals surface area contributed by atoms with E-state index in [1.165, 1.54) is 6.07 Å². The van der Waals surface area contributed by atoms with E-state index in [9.17, 15) is 9.90 Å². The largest absolute Gasteiger partial charge is 0.507 e. The molecule has 3 rings (SSSR count). The summed E-state index contributed by atoms with van der Waals surface area (Å²) in [4.78, 5) is 11.6. The Labute approximate surface area is 139 Å². The van der Waals surface area contributed by atoms with Crippen LogP contribution in [0.4, 0.5) is 5.69 Å². The molecule has 24 heavy (non-hydrogen) atoms. The van der Waals surface area contributed by atoms with Crippen molar-refractivity contribution >= 4 is 22.4 Å². The molecule has 0 aliphatic heterocycles. The highest BCUT2D eigenvalue weighted by Crippen LogP contribution is 2.31.